The highest BCUT2D eigenvalue weighted by Crippen LogP contribution is 2.34. The van der Waals surface area contributed by atoms with E-state index in [9.17, 15) is 4.79 Å². The summed E-state index contributed by atoms with van der Waals surface area (Å²) in [5.41, 5.74) is 3.40. The molecule has 2 heterocycles. The number of nitrogens with zero attached hydrogens (tertiary/aromatic N) is 1. The monoisotopic (exact) mass is 343 g/mol. The van der Waals surface area contributed by atoms with Crippen LogP contribution in [0.1, 0.15) is 58.1 Å². The van der Waals surface area contributed by atoms with Crippen molar-refractivity contribution in [3.05, 3.63) is 41.5 Å². The van der Waals surface area contributed by atoms with Crippen LogP contribution >= 0.6 is 0 Å². The second kappa shape index (κ2) is 6.83. The van der Waals surface area contributed by atoms with Gasteiger partial charge in [-0.05, 0) is 49.8 Å². The second-order valence-electron chi connectivity index (χ2n) is 8.32. The van der Waals surface area contributed by atoms with E-state index in [1.54, 1.807) is 0 Å². The van der Waals surface area contributed by atoms with E-state index < -0.39 is 5.60 Å². The maximum Gasteiger partial charge on any atom is 0.411 e. The quantitative estimate of drug-likeness (QED) is 0.787. The first-order valence-electron chi connectivity index (χ1n) is 9.14. The molecule has 2 atom stereocenters. The summed E-state index contributed by atoms with van der Waals surface area (Å²) < 4.78 is 11.3. The van der Waals surface area contributed by atoms with Gasteiger partial charge in [0, 0.05) is 0 Å². The normalized spacial score (nSPS) is 23.4. The van der Waals surface area contributed by atoms with Gasteiger partial charge in [0.25, 0.3) is 0 Å². The number of rotatable bonds is 2. The summed E-state index contributed by atoms with van der Waals surface area (Å²) >= 11 is 0. The Hall–Kier alpha value is -1.81. The summed E-state index contributed by atoms with van der Waals surface area (Å²) in [4.78, 5) is 14.5. The van der Waals surface area contributed by atoms with Crippen LogP contribution < -0.4 is 0 Å². The number of fused-ring (bicyclic) bond motifs is 2. The van der Waals surface area contributed by atoms with Gasteiger partial charge in [-0.1, -0.05) is 44.2 Å². The standard InChI is InChI=1S/C21H29NO3/c1-14(2)15-6-8-16(9-7-15)17-10-18-12-24-13-19(11-17)22(18)20(23)25-21(3,4)5/h6-10,14,18-19H,11-13H2,1-5H3. The minimum Gasteiger partial charge on any atom is -0.444 e. The molecular formula is C21H29NO3. The van der Waals surface area contributed by atoms with E-state index in [0.717, 1.165) is 6.42 Å². The first kappa shape index (κ1) is 18.0. The number of amides is 1. The van der Waals surface area contributed by atoms with Crippen LogP contribution in [0.2, 0.25) is 0 Å². The van der Waals surface area contributed by atoms with E-state index in [1.807, 2.05) is 25.7 Å². The van der Waals surface area contributed by atoms with Crippen LogP contribution in [0.4, 0.5) is 4.79 Å². The molecule has 1 saturated heterocycles. The summed E-state index contributed by atoms with van der Waals surface area (Å²) in [7, 11) is 0. The van der Waals surface area contributed by atoms with Crippen molar-refractivity contribution in [1.82, 2.24) is 4.90 Å². The van der Waals surface area contributed by atoms with E-state index in [0.29, 0.717) is 19.1 Å². The fraction of sp³-hybridized carbons (Fsp3) is 0.571. The lowest BCUT2D eigenvalue weighted by Gasteiger charge is -2.44. The van der Waals surface area contributed by atoms with Crippen LogP contribution in [-0.2, 0) is 9.47 Å². The topological polar surface area (TPSA) is 38.8 Å². The first-order chi connectivity index (χ1) is 11.7. The number of carbonyl (C=O) groups excluding carboxylic acids is 1. The number of hydrogen-bond donors (Lipinski definition) is 0. The van der Waals surface area contributed by atoms with Crippen LogP contribution in [0.5, 0.6) is 0 Å². The Morgan fingerprint density at radius 1 is 1.20 bits per heavy atom. The van der Waals surface area contributed by atoms with E-state index in [4.69, 9.17) is 9.47 Å². The minimum atomic E-state index is -0.483. The van der Waals surface area contributed by atoms with E-state index >= 15 is 0 Å². The third-order valence-corrected chi connectivity index (χ3v) is 4.75. The Balaban J connectivity index is 1.82. The van der Waals surface area contributed by atoms with E-state index in [1.165, 1.54) is 16.7 Å². The summed E-state index contributed by atoms with van der Waals surface area (Å²) in [6.45, 7) is 11.2. The molecule has 0 aromatic heterocycles. The maximum absolute atomic E-state index is 12.6. The van der Waals surface area contributed by atoms with E-state index in [2.05, 4.69) is 44.2 Å². The Labute approximate surface area is 150 Å². The fourth-order valence-electron chi connectivity index (χ4n) is 3.49. The molecule has 0 radical (unpaired) electrons. The van der Waals surface area contributed by atoms with Gasteiger partial charge in [0.2, 0.25) is 0 Å². The Morgan fingerprint density at radius 3 is 2.44 bits per heavy atom. The zero-order valence-corrected chi connectivity index (χ0v) is 15.9. The van der Waals surface area contributed by atoms with Crippen molar-refractivity contribution in [2.24, 2.45) is 0 Å². The van der Waals surface area contributed by atoms with Crippen molar-refractivity contribution >= 4 is 11.7 Å². The third kappa shape index (κ3) is 4.06. The molecule has 0 N–H and O–H groups in total. The summed E-state index contributed by atoms with van der Waals surface area (Å²) in [5.74, 6) is 0.532. The molecule has 0 saturated carbocycles. The van der Waals surface area contributed by atoms with Gasteiger partial charge in [0.05, 0.1) is 25.3 Å². The molecule has 1 aromatic carbocycles. The molecule has 1 aromatic rings. The zero-order valence-electron chi connectivity index (χ0n) is 15.9. The van der Waals surface area contributed by atoms with Crippen molar-refractivity contribution in [2.45, 2.75) is 64.6 Å². The molecule has 25 heavy (non-hydrogen) atoms. The van der Waals surface area contributed by atoms with Gasteiger partial charge in [0.1, 0.15) is 5.60 Å². The van der Waals surface area contributed by atoms with Crippen molar-refractivity contribution in [3.8, 4) is 0 Å². The molecule has 2 bridgehead atoms. The predicted molar refractivity (Wildman–Crippen MR) is 99.6 cm³/mol. The minimum absolute atomic E-state index is 0.0402. The average Bonchev–Trinajstić information content (AvgIpc) is 2.52. The molecule has 0 aliphatic carbocycles. The third-order valence-electron chi connectivity index (χ3n) is 4.75. The van der Waals surface area contributed by atoms with Gasteiger partial charge in [0.15, 0.2) is 0 Å². The lowest BCUT2D eigenvalue weighted by Crippen LogP contribution is -2.57. The lowest BCUT2D eigenvalue weighted by atomic mass is 9.89. The van der Waals surface area contributed by atoms with Crippen LogP contribution in [0.25, 0.3) is 5.57 Å². The highest BCUT2D eigenvalue weighted by atomic mass is 16.6. The van der Waals surface area contributed by atoms with Crippen LogP contribution in [0.15, 0.2) is 30.3 Å². The van der Waals surface area contributed by atoms with Gasteiger partial charge in [-0.2, -0.15) is 0 Å². The molecule has 2 aliphatic heterocycles. The summed E-state index contributed by atoms with van der Waals surface area (Å²) in [6, 6.07) is 8.78. The number of hydrogen-bond acceptors (Lipinski definition) is 3. The SMILES string of the molecule is CC(C)c1ccc(C2=CC3COCC(C2)N3C(=O)OC(C)(C)C)cc1. The van der Waals surface area contributed by atoms with Crippen molar-refractivity contribution < 1.29 is 14.3 Å². The van der Waals surface area contributed by atoms with Crippen LogP contribution in [-0.4, -0.2) is 41.9 Å². The Morgan fingerprint density at radius 2 is 1.88 bits per heavy atom. The van der Waals surface area contributed by atoms with Gasteiger partial charge in [-0.15, -0.1) is 0 Å². The molecular weight excluding hydrogens is 314 g/mol. The second-order valence-corrected chi connectivity index (χ2v) is 8.32. The molecule has 136 valence electrons. The number of carbonyl (C=O) groups is 1. The molecule has 0 spiro atoms. The Kier molecular flexibility index (Phi) is 4.92. The highest BCUT2D eigenvalue weighted by Gasteiger charge is 2.40. The zero-order chi connectivity index (χ0) is 18.2. The van der Waals surface area contributed by atoms with Crippen LogP contribution in [0.3, 0.4) is 0 Å². The lowest BCUT2D eigenvalue weighted by molar-refractivity contribution is -0.0510. The molecule has 1 fully saturated rings. The van der Waals surface area contributed by atoms with Gasteiger partial charge < -0.3 is 9.47 Å². The summed E-state index contributed by atoms with van der Waals surface area (Å²) in [6.07, 6.45) is 2.73. The van der Waals surface area contributed by atoms with Gasteiger partial charge in [-0.3, -0.25) is 4.90 Å². The number of benzene rings is 1. The molecule has 4 heteroatoms. The molecule has 4 nitrogen and oxygen atoms in total. The maximum atomic E-state index is 12.6. The first-order valence-corrected chi connectivity index (χ1v) is 9.14. The smallest absolute Gasteiger partial charge is 0.411 e. The molecule has 3 rings (SSSR count). The average molecular weight is 343 g/mol. The number of ether oxygens (including phenoxy) is 2. The molecule has 2 unspecified atom stereocenters. The van der Waals surface area contributed by atoms with Crippen molar-refractivity contribution in [2.75, 3.05) is 13.2 Å². The molecule has 1 amide bonds. The predicted octanol–water partition coefficient (Wildman–Crippen LogP) is 4.60. The fourth-order valence-corrected chi connectivity index (χ4v) is 3.49. The molecule has 2 aliphatic rings. The van der Waals surface area contributed by atoms with Gasteiger partial charge >= 0.3 is 6.09 Å². The van der Waals surface area contributed by atoms with E-state index in [-0.39, 0.29) is 18.2 Å². The van der Waals surface area contributed by atoms with Crippen molar-refractivity contribution in [3.63, 3.8) is 0 Å². The summed E-state index contributed by atoms with van der Waals surface area (Å²) in [5, 5.41) is 0. The van der Waals surface area contributed by atoms with Crippen molar-refractivity contribution in [1.29, 1.82) is 0 Å². The highest BCUT2D eigenvalue weighted by molar-refractivity contribution is 5.75. The Bertz CT molecular complexity index is 655. The number of morpholine rings is 1. The van der Waals surface area contributed by atoms with Gasteiger partial charge in [-0.25, -0.2) is 4.79 Å². The largest absolute Gasteiger partial charge is 0.444 e. The van der Waals surface area contributed by atoms with Crippen LogP contribution in [0, 0.1) is 0 Å².